The summed E-state index contributed by atoms with van der Waals surface area (Å²) in [5.41, 5.74) is 0. The quantitative estimate of drug-likeness (QED) is 0.342. The van der Waals surface area contributed by atoms with Crippen LogP contribution in [0.25, 0.3) is 0 Å². The molecule has 3 heterocycles. The molecule has 1 atom stereocenters. The van der Waals surface area contributed by atoms with E-state index < -0.39 is 0 Å². The molecule has 2 N–H and O–H groups in total. The van der Waals surface area contributed by atoms with Crippen LogP contribution in [0.5, 0.6) is 0 Å². The molecule has 1 fully saturated rings. The molecule has 154 valence electrons. The molecule has 0 aliphatic carbocycles. The van der Waals surface area contributed by atoms with Crippen molar-refractivity contribution < 1.29 is 4.39 Å². The van der Waals surface area contributed by atoms with E-state index in [9.17, 15) is 4.39 Å². The fourth-order valence-corrected chi connectivity index (χ4v) is 3.20. The van der Waals surface area contributed by atoms with Crippen molar-refractivity contribution in [2.24, 2.45) is 4.99 Å². The van der Waals surface area contributed by atoms with Gasteiger partial charge in [-0.1, -0.05) is 6.92 Å². The molecule has 1 saturated heterocycles. The van der Waals surface area contributed by atoms with Gasteiger partial charge in [-0.15, -0.1) is 34.2 Å². The van der Waals surface area contributed by atoms with Crippen LogP contribution in [0.3, 0.4) is 0 Å². The van der Waals surface area contributed by atoms with Crippen LogP contribution in [0.15, 0.2) is 29.6 Å². The molecule has 0 spiro atoms. The van der Waals surface area contributed by atoms with E-state index in [1.54, 1.807) is 18.6 Å². The van der Waals surface area contributed by atoms with Crippen molar-refractivity contribution in [2.45, 2.75) is 39.3 Å². The Kier molecular flexibility index (Phi) is 8.87. The lowest BCUT2D eigenvalue weighted by Gasteiger charge is -2.20. The van der Waals surface area contributed by atoms with E-state index in [2.05, 4.69) is 37.7 Å². The van der Waals surface area contributed by atoms with Gasteiger partial charge in [-0.3, -0.25) is 4.99 Å². The van der Waals surface area contributed by atoms with Crippen molar-refractivity contribution in [2.75, 3.05) is 31.1 Å². The van der Waals surface area contributed by atoms with Crippen LogP contribution < -0.4 is 15.5 Å². The van der Waals surface area contributed by atoms with Crippen LogP contribution in [0.2, 0.25) is 0 Å². The fraction of sp³-hybridized carbons (Fsp3) is 0.556. The highest BCUT2D eigenvalue weighted by Gasteiger charge is 2.25. The van der Waals surface area contributed by atoms with E-state index in [1.807, 2.05) is 16.4 Å². The molecule has 2 aromatic rings. The first-order chi connectivity index (χ1) is 13.2. The average Bonchev–Trinajstić information content (AvgIpc) is 3.31. The molecule has 28 heavy (non-hydrogen) atoms. The van der Waals surface area contributed by atoms with E-state index in [1.165, 1.54) is 6.07 Å². The third kappa shape index (κ3) is 5.76. The highest BCUT2D eigenvalue weighted by Crippen LogP contribution is 2.20. The molecular formula is C18H28FIN8. The van der Waals surface area contributed by atoms with Gasteiger partial charge in [0.2, 0.25) is 0 Å². The SMILES string of the molecule is CCNC(=NCCn1cnnc1CC)NC1CCN(c2ncccc2F)C1.I. The standard InChI is InChI=1S/C18H27FN8.HI/c1-3-16-25-23-13-27(16)11-9-22-18(20-4-2)24-14-7-10-26(12-14)17-15(19)6-5-8-21-17;/h5-6,8,13-14H,3-4,7,9-12H2,1-2H3,(H2,20,22,24);1H. The van der Waals surface area contributed by atoms with Gasteiger partial charge in [-0.2, -0.15) is 0 Å². The van der Waals surface area contributed by atoms with E-state index >= 15 is 0 Å². The molecule has 10 heteroatoms. The zero-order valence-corrected chi connectivity index (χ0v) is 18.6. The summed E-state index contributed by atoms with van der Waals surface area (Å²) >= 11 is 0. The van der Waals surface area contributed by atoms with Crippen LogP contribution in [0.4, 0.5) is 10.2 Å². The number of anilines is 1. The van der Waals surface area contributed by atoms with Crippen LogP contribution in [0, 0.1) is 5.82 Å². The predicted molar refractivity (Wildman–Crippen MR) is 119 cm³/mol. The smallest absolute Gasteiger partial charge is 0.191 e. The Bertz CT molecular complexity index is 766. The summed E-state index contributed by atoms with van der Waals surface area (Å²) in [7, 11) is 0. The summed E-state index contributed by atoms with van der Waals surface area (Å²) in [5.74, 6) is 1.88. The van der Waals surface area contributed by atoms with Crippen molar-refractivity contribution in [1.82, 2.24) is 30.4 Å². The van der Waals surface area contributed by atoms with Gasteiger partial charge in [0.05, 0.1) is 6.54 Å². The van der Waals surface area contributed by atoms with Gasteiger partial charge in [-0.25, -0.2) is 9.37 Å². The third-order valence-electron chi connectivity index (χ3n) is 4.53. The lowest BCUT2D eigenvalue weighted by atomic mass is 10.3. The molecule has 0 radical (unpaired) electrons. The lowest BCUT2D eigenvalue weighted by molar-refractivity contribution is 0.611. The molecule has 0 saturated carbocycles. The van der Waals surface area contributed by atoms with Crippen molar-refractivity contribution >= 4 is 35.8 Å². The number of rotatable bonds is 7. The fourth-order valence-electron chi connectivity index (χ4n) is 3.20. The Morgan fingerprint density at radius 3 is 3.00 bits per heavy atom. The van der Waals surface area contributed by atoms with Gasteiger partial charge >= 0.3 is 0 Å². The summed E-state index contributed by atoms with van der Waals surface area (Å²) in [6, 6.07) is 3.26. The Balaban J connectivity index is 0.00000280. The zero-order valence-electron chi connectivity index (χ0n) is 16.3. The third-order valence-corrected chi connectivity index (χ3v) is 4.53. The number of aromatic nitrogens is 4. The van der Waals surface area contributed by atoms with Gasteiger partial charge in [0.1, 0.15) is 12.2 Å². The minimum absolute atomic E-state index is 0. The molecule has 2 aromatic heterocycles. The van der Waals surface area contributed by atoms with E-state index in [4.69, 9.17) is 0 Å². The number of aryl methyl sites for hydroxylation is 1. The summed E-state index contributed by atoms with van der Waals surface area (Å²) in [6.07, 6.45) is 5.13. The monoisotopic (exact) mass is 502 g/mol. The van der Waals surface area contributed by atoms with Crippen LogP contribution in [-0.2, 0) is 13.0 Å². The van der Waals surface area contributed by atoms with Crippen molar-refractivity contribution in [1.29, 1.82) is 0 Å². The number of nitrogens with zero attached hydrogens (tertiary/aromatic N) is 6. The average molecular weight is 502 g/mol. The van der Waals surface area contributed by atoms with Crippen LogP contribution in [0.1, 0.15) is 26.1 Å². The number of halogens is 2. The predicted octanol–water partition coefficient (Wildman–Crippen LogP) is 1.83. The number of aliphatic imine (C=N–C) groups is 1. The molecular weight excluding hydrogens is 474 g/mol. The van der Waals surface area contributed by atoms with Gasteiger partial charge < -0.3 is 20.1 Å². The maximum absolute atomic E-state index is 13.9. The highest BCUT2D eigenvalue weighted by molar-refractivity contribution is 14.0. The van der Waals surface area contributed by atoms with Gasteiger partial charge in [0.25, 0.3) is 0 Å². The van der Waals surface area contributed by atoms with Gasteiger partial charge in [-0.05, 0) is 25.5 Å². The molecule has 1 unspecified atom stereocenters. The maximum Gasteiger partial charge on any atom is 0.191 e. The van der Waals surface area contributed by atoms with Crippen LogP contribution in [-0.4, -0.2) is 57.9 Å². The lowest BCUT2D eigenvalue weighted by Crippen LogP contribution is -2.44. The summed E-state index contributed by atoms with van der Waals surface area (Å²) in [4.78, 5) is 10.8. The first-order valence-electron chi connectivity index (χ1n) is 9.48. The second-order valence-electron chi connectivity index (χ2n) is 6.44. The number of guanidine groups is 1. The minimum atomic E-state index is -0.278. The zero-order chi connectivity index (χ0) is 19.1. The Hall–Kier alpha value is -1.98. The Morgan fingerprint density at radius 1 is 1.39 bits per heavy atom. The van der Waals surface area contributed by atoms with E-state index in [-0.39, 0.29) is 35.8 Å². The molecule has 0 bridgehead atoms. The number of pyridine rings is 1. The highest BCUT2D eigenvalue weighted by atomic mass is 127. The Morgan fingerprint density at radius 2 is 2.25 bits per heavy atom. The normalized spacial score (nSPS) is 16.8. The first-order valence-corrected chi connectivity index (χ1v) is 9.48. The van der Waals surface area contributed by atoms with E-state index in [0.29, 0.717) is 18.9 Å². The minimum Gasteiger partial charge on any atom is -0.357 e. The van der Waals surface area contributed by atoms with E-state index in [0.717, 1.165) is 44.3 Å². The molecule has 1 aliphatic heterocycles. The summed E-state index contributed by atoms with van der Waals surface area (Å²) in [5, 5.41) is 14.8. The first kappa shape index (κ1) is 22.3. The van der Waals surface area contributed by atoms with Gasteiger partial charge in [0, 0.05) is 44.8 Å². The largest absolute Gasteiger partial charge is 0.357 e. The number of hydrogen-bond acceptors (Lipinski definition) is 5. The summed E-state index contributed by atoms with van der Waals surface area (Å²) < 4.78 is 16.0. The second kappa shape index (κ2) is 11.1. The second-order valence-corrected chi connectivity index (χ2v) is 6.44. The van der Waals surface area contributed by atoms with Crippen molar-refractivity contribution in [3.63, 3.8) is 0 Å². The summed E-state index contributed by atoms with van der Waals surface area (Å²) in [6.45, 7) is 7.72. The molecule has 8 nitrogen and oxygen atoms in total. The van der Waals surface area contributed by atoms with Crippen LogP contribution >= 0.6 is 24.0 Å². The molecule has 0 aromatic carbocycles. The topological polar surface area (TPSA) is 83.3 Å². The maximum atomic E-state index is 13.9. The van der Waals surface area contributed by atoms with Crippen molar-refractivity contribution in [3.05, 3.63) is 36.3 Å². The Labute approximate surface area is 182 Å². The van der Waals surface area contributed by atoms with Crippen molar-refractivity contribution in [3.8, 4) is 0 Å². The van der Waals surface area contributed by atoms with Gasteiger partial charge in [0.15, 0.2) is 17.6 Å². The molecule has 3 rings (SSSR count). The molecule has 1 aliphatic rings. The molecule has 0 amide bonds. The number of hydrogen-bond donors (Lipinski definition) is 2. The number of nitrogens with one attached hydrogen (secondary N) is 2.